The average Bonchev–Trinajstić information content (AvgIpc) is 3.56. The van der Waals surface area contributed by atoms with Gasteiger partial charge in [0.15, 0.2) is 11.5 Å². The Morgan fingerprint density at radius 1 is 0.921 bits per heavy atom. The number of rotatable bonds is 4. The number of carbonyl (C=O) groups is 4. The number of hydrogen-bond donors (Lipinski definition) is 1. The van der Waals surface area contributed by atoms with Crippen LogP contribution in [-0.2, 0) is 14.3 Å². The van der Waals surface area contributed by atoms with E-state index in [9.17, 15) is 24.3 Å². The fraction of sp³-hybridized carbons (Fsp3) is 0.185. The molecule has 0 radical (unpaired) electrons. The third-order valence-corrected chi connectivity index (χ3v) is 7.17. The topological polar surface area (TPSA) is 131 Å². The number of halogens is 1. The Balaban J connectivity index is 0.00000294. The van der Waals surface area contributed by atoms with Crippen molar-refractivity contribution in [1.82, 2.24) is 0 Å². The van der Waals surface area contributed by atoms with Crippen LogP contribution in [-0.4, -0.2) is 35.8 Å². The molecule has 3 aliphatic rings. The predicted octanol–water partition coefficient (Wildman–Crippen LogP) is -0.417. The first-order valence-electron chi connectivity index (χ1n) is 11.3. The Hall–Kier alpha value is -3.21. The number of aliphatic carboxylic acids is 1. The zero-order valence-electron chi connectivity index (χ0n) is 19.9. The molecule has 38 heavy (non-hydrogen) atoms. The van der Waals surface area contributed by atoms with Crippen molar-refractivity contribution >= 4 is 40.7 Å². The molecule has 3 aromatic rings. The van der Waals surface area contributed by atoms with E-state index >= 15 is 0 Å². The van der Waals surface area contributed by atoms with E-state index in [1.807, 2.05) is 0 Å². The minimum absolute atomic E-state index is 0. The van der Waals surface area contributed by atoms with Gasteiger partial charge >= 0.3 is 29.6 Å². The van der Waals surface area contributed by atoms with Crippen molar-refractivity contribution < 1.29 is 68.1 Å². The zero-order valence-corrected chi connectivity index (χ0v) is 22.7. The third kappa shape index (κ3) is 3.93. The van der Waals surface area contributed by atoms with Crippen molar-refractivity contribution in [2.45, 2.75) is 11.7 Å². The number of carbonyl (C=O) groups excluding carboxylic acids is 4. The Kier molecular flexibility index (Phi) is 6.83. The van der Waals surface area contributed by atoms with Crippen molar-refractivity contribution in [1.29, 1.82) is 0 Å². The number of fused-ring (bicyclic) bond motifs is 2. The number of Topliss-reactive ketones (excluding diaryl/α,β-unsaturated/α-hetero) is 2. The number of nitrogens with one attached hydrogen (secondary N) is 1. The van der Waals surface area contributed by atoms with Crippen LogP contribution in [0.5, 0.6) is 11.5 Å². The van der Waals surface area contributed by atoms with Gasteiger partial charge < -0.3 is 29.4 Å². The van der Waals surface area contributed by atoms with E-state index in [4.69, 9.17) is 25.8 Å². The van der Waals surface area contributed by atoms with Gasteiger partial charge in [-0.3, -0.25) is 14.4 Å². The summed E-state index contributed by atoms with van der Waals surface area (Å²) in [6.07, 6.45) is -1.27. The summed E-state index contributed by atoms with van der Waals surface area (Å²) < 4.78 is 16.7. The molecule has 1 N–H and O–H groups in total. The van der Waals surface area contributed by atoms with E-state index in [1.54, 1.807) is 48.5 Å². The first kappa shape index (κ1) is 26.4. The van der Waals surface area contributed by atoms with Gasteiger partial charge in [0, 0.05) is 33.9 Å². The summed E-state index contributed by atoms with van der Waals surface area (Å²) in [7, 11) is 0. The van der Waals surface area contributed by atoms with Gasteiger partial charge in [-0.2, -0.15) is 0 Å². The van der Waals surface area contributed by atoms with Crippen molar-refractivity contribution in [3.8, 4) is 11.5 Å². The van der Waals surface area contributed by atoms with Crippen LogP contribution in [0.15, 0.2) is 66.7 Å². The monoisotopic (exact) mass is 541 g/mol. The summed E-state index contributed by atoms with van der Waals surface area (Å²) in [6, 6.07) is 16.8. The quantitative estimate of drug-likeness (QED) is 0.348. The number of carboxylic acids is 1. The van der Waals surface area contributed by atoms with E-state index in [1.165, 1.54) is 18.2 Å². The van der Waals surface area contributed by atoms with Gasteiger partial charge in [-0.05, 0) is 29.8 Å². The minimum atomic E-state index is -2.45. The van der Waals surface area contributed by atoms with E-state index < -0.39 is 47.0 Å². The summed E-state index contributed by atoms with van der Waals surface area (Å²) in [5.74, 6) is -6.68. The van der Waals surface area contributed by atoms with E-state index in [-0.39, 0.29) is 47.5 Å². The fourth-order valence-corrected chi connectivity index (χ4v) is 5.40. The van der Waals surface area contributed by atoms with Crippen molar-refractivity contribution in [3.63, 3.8) is 0 Å². The van der Waals surface area contributed by atoms with Crippen LogP contribution < -0.4 is 49.5 Å². The maximum absolute atomic E-state index is 13.7. The van der Waals surface area contributed by atoms with E-state index in [2.05, 4.69) is 5.32 Å². The van der Waals surface area contributed by atoms with Gasteiger partial charge in [0.2, 0.25) is 29.9 Å². The maximum atomic E-state index is 13.7. The van der Waals surface area contributed by atoms with Crippen LogP contribution >= 0.6 is 11.6 Å². The molecule has 2 heterocycles. The minimum Gasteiger partial charge on any atom is -0.550 e. The molecule has 1 spiro atoms. The molecule has 9 nitrogen and oxygen atoms in total. The smallest absolute Gasteiger partial charge is 0.550 e. The van der Waals surface area contributed by atoms with Crippen LogP contribution in [0.1, 0.15) is 32.4 Å². The van der Waals surface area contributed by atoms with Crippen LogP contribution in [0.3, 0.4) is 0 Å². The number of anilines is 1. The molecule has 0 unspecified atom stereocenters. The van der Waals surface area contributed by atoms with Crippen molar-refractivity contribution in [3.05, 3.63) is 88.4 Å². The normalized spacial score (nSPS) is 22.2. The first-order valence-corrected chi connectivity index (χ1v) is 11.7. The Morgan fingerprint density at radius 3 is 2.18 bits per heavy atom. The van der Waals surface area contributed by atoms with Gasteiger partial charge in [-0.15, -0.1) is 0 Å². The Bertz CT molecular complexity index is 1460. The summed E-state index contributed by atoms with van der Waals surface area (Å²) in [5.41, 5.74) is -1.72. The molecular formula is C27H17ClNNaO8. The zero-order chi connectivity index (χ0) is 25.9. The molecule has 1 amide bonds. The van der Waals surface area contributed by atoms with Crippen LogP contribution in [0.4, 0.5) is 5.69 Å². The molecule has 1 fully saturated rings. The summed E-state index contributed by atoms with van der Waals surface area (Å²) in [5, 5.41) is 15.7. The molecule has 3 atom stereocenters. The largest absolute Gasteiger partial charge is 1.00 e. The molecule has 0 aromatic heterocycles. The first-order chi connectivity index (χ1) is 17.8. The van der Waals surface area contributed by atoms with Crippen LogP contribution in [0.25, 0.3) is 0 Å². The molecule has 0 bridgehead atoms. The number of carboxylic acid groups (broad SMARTS) is 1. The molecule has 1 saturated heterocycles. The maximum Gasteiger partial charge on any atom is 1.00 e. The molecule has 0 saturated carbocycles. The number of amides is 1. The molecule has 6 rings (SSSR count). The van der Waals surface area contributed by atoms with Crippen molar-refractivity contribution in [2.75, 3.05) is 12.1 Å². The molecular weight excluding hydrogens is 525 g/mol. The standard InChI is InChI=1S/C27H18ClNO8.Na/c28-14-7-5-13(6-8-14)22-20(25(32)29-15-9-10-18-19(11-15)36-12-35-18)21(26(33)34)27(37-22)23(30)16-3-1-2-4-17(16)24(27)31;/h1-11,20-22H,12H2,(H,29,32)(H,33,34);/q;+1/p-1/t20-,21-,22-;/m0./s1. The molecule has 3 aromatic carbocycles. The fourth-order valence-electron chi connectivity index (χ4n) is 5.28. The van der Waals surface area contributed by atoms with Gasteiger partial charge in [0.1, 0.15) is 0 Å². The number of hydrogen-bond acceptors (Lipinski definition) is 8. The van der Waals surface area contributed by atoms with Gasteiger partial charge in [0.05, 0.1) is 17.9 Å². The second-order valence-corrected chi connectivity index (χ2v) is 9.35. The second kappa shape index (κ2) is 9.83. The summed E-state index contributed by atoms with van der Waals surface area (Å²) >= 11 is 6.02. The predicted molar refractivity (Wildman–Crippen MR) is 126 cm³/mol. The molecule has 2 aliphatic heterocycles. The van der Waals surface area contributed by atoms with E-state index in [0.717, 1.165) is 0 Å². The van der Waals surface area contributed by atoms with E-state index in [0.29, 0.717) is 27.8 Å². The Labute approximate surface area is 243 Å². The Morgan fingerprint density at radius 2 is 1.55 bits per heavy atom. The SMILES string of the molecule is O=C(Nc1ccc2c(c1)OCO2)[C@H]1[C@@H](C(=O)[O-])C2(O[C@H]1c1ccc(Cl)cc1)C(=O)c1ccccc1C2=O.[Na+]. The summed E-state index contributed by atoms with van der Waals surface area (Å²) in [4.78, 5) is 53.5. The number of ketones is 2. The van der Waals surface area contributed by atoms with Crippen LogP contribution in [0, 0.1) is 11.8 Å². The van der Waals surface area contributed by atoms with Gasteiger partial charge in [-0.1, -0.05) is 48.0 Å². The second-order valence-electron chi connectivity index (χ2n) is 8.91. The average molecular weight is 542 g/mol. The van der Waals surface area contributed by atoms with Crippen molar-refractivity contribution in [2.24, 2.45) is 11.8 Å². The molecule has 186 valence electrons. The van der Waals surface area contributed by atoms with Gasteiger partial charge in [0.25, 0.3) is 0 Å². The number of benzene rings is 3. The summed E-state index contributed by atoms with van der Waals surface area (Å²) in [6.45, 7) is 0.0297. The third-order valence-electron chi connectivity index (χ3n) is 6.92. The van der Waals surface area contributed by atoms with Crippen LogP contribution in [0.2, 0.25) is 5.02 Å². The van der Waals surface area contributed by atoms with Gasteiger partial charge in [-0.25, -0.2) is 0 Å². The molecule has 11 heteroatoms. The number of ether oxygens (including phenoxy) is 3. The molecule has 1 aliphatic carbocycles.